The van der Waals surface area contributed by atoms with Gasteiger partial charge < -0.3 is 10.6 Å². The Balaban J connectivity index is 1.91. The maximum Gasteiger partial charge on any atom is 0.272 e. The maximum atomic E-state index is 12.5. The van der Waals surface area contributed by atoms with Gasteiger partial charge in [-0.3, -0.25) is 9.59 Å². The third kappa shape index (κ3) is 3.45. The van der Waals surface area contributed by atoms with Crippen LogP contribution in [-0.2, 0) is 19.6 Å². The molecule has 2 aromatic carbocycles. The molecular weight excluding hydrogens is 354 g/mol. The molecule has 1 aliphatic rings. The van der Waals surface area contributed by atoms with Crippen molar-refractivity contribution < 1.29 is 18.0 Å². The highest BCUT2D eigenvalue weighted by atomic mass is 32.2. The van der Waals surface area contributed by atoms with Gasteiger partial charge in [0.15, 0.2) is 0 Å². The van der Waals surface area contributed by atoms with Gasteiger partial charge in [0.2, 0.25) is 0 Å². The fraction of sp³-hybridized carbons (Fsp3) is 0.111. The van der Waals surface area contributed by atoms with Crippen molar-refractivity contribution in [2.24, 2.45) is 0 Å². The number of aryl methyl sites for hydroxylation is 1. The zero-order chi connectivity index (χ0) is 18.9. The van der Waals surface area contributed by atoms with Gasteiger partial charge in [0.1, 0.15) is 5.57 Å². The number of sulfonamides is 1. The number of nitrogens with one attached hydrogen (secondary N) is 3. The monoisotopic (exact) mass is 371 g/mol. The Bertz CT molecular complexity index is 1030. The molecule has 1 aliphatic heterocycles. The number of rotatable bonds is 3. The second-order valence-corrected chi connectivity index (χ2v) is 7.56. The standard InChI is InChI=1S/C18H17N3O4S/c1-11-8-9-14-15(10-11)20-17(22)16(12(2)19-14)18(23)21-26(24,25)13-6-4-3-5-7-13/h3-10,19H,1-2H3,(H,20,22)(H,21,23). The molecule has 0 bridgehead atoms. The molecule has 0 atom stereocenters. The van der Waals surface area contributed by atoms with E-state index in [4.69, 9.17) is 0 Å². The van der Waals surface area contributed by atoms with E-state index >= 15 is 0 Å². The summed E-state index contributed by atoms with van der Waals surface area (Å²) < 4.78 is 26.6. The van der Waals surface area contributed by atoms with Crippen LogP contribution < -0.4 is 15.4 Å². The predicted octanol–water partition coefficient (Wildman–Crippen LogP) is 2.14. The molecule has 0 fully saturated rings. The number of hydrogen-bond donors (Lipinski definition) is 3. The van der Waals surface area contributed by atoms with Crippen LogP contribution in [0.4, 0.5) is 11.4 Å². The maximum absolute atomic E-state index is 12.5. The molecule has 3 rings (SSSR count). The first-order chi connectivity index (χ1) is 12.3. The lowest BCUT2D eigenvalue weighted by Gasteiger charge is -2.10. The van der Waals surface area contributed by atoms with Gasteiger partial charge in [-0.05, 0) is 43.7 Å². The minimum atomic E-state index is -4.08. The molecule has 0 saturated carbocycles. The first kappa shape index (κ1) is 17.7. The Morgan fingerprint density at radius 1 is 0.962 bits per heavy atom. The SMILES string of the molecule is CC1=C(C(=O)NS(=O)(=O)c2ccccc2)C(=O)Nc2cc(C)ccc2N1. The summed E-state index contributed by atoms with van der Waals surface area (Å²) in [4.78, 5) is 25.0. The lowest BCUT2D eigenvalue weighted by molar-refractivity contribution is -0.120. The zero-order valence-electron chi connectivity index (χ0n) is 14.2. The molecule has 0 unspecified atom stereocenters. The lowest BCUT2D eigenvalue weighted by Crippen LogP contribution is -2.36. The largest absolute Gasteiger partial charge is 0.357 e. The Morgan fingerprint density at radius 2 is 1.65 bits per heavy atom. The van der Waals surface area contributed by atoms with Crippen molar-refractivity contribution in [3.8, 4) is 0 Å². The van der Waals surface area contributed by atoms with Crippen LogP contribution in [-0.4, -0.2) is 20.2 Å². The highest BCUT2D eigenvalue weighted by Crippen LogP contribution is 2.28. The summed E-state index contributed by atoms with van der Waals surface area (Å²) >= 11 is 0. The van der Waals surface area contributed by atoms with Crippen LogP contribution in [0.2, 0.25) is 0 Å². The van der Waals surface area contributed by atoms with E-state index < -0.39 is 21.8 Å². The summed E-state index contributed by atoms with van der Waals surface area (Å²) in [6.45, 7) is 3.41. The summed E-state index contributed by atoms with van der Waals surface area (Å²) in [5.74, 6) is -1.68. The van der Waals surface area contributed by atoms with Gasteiger partial charge in [-0.25, -0.2) is 13.1 Å². The van der Waals surface area contributed by atoms with E-state index in [0.29, 0.717) is 11.4 Å². The molecule has 7 nitrogen and oxygen atoms in total. The Kier molecular flexibility index (Phi) is 4.52. The van der Waals surface area contributed by atoms with Gasteiger partial charge in [0.25, 0.3) is 21.8 Å². The van der Waals surface area contributed by atoms with Crippen LogP contribution in [0.3, 0.4) is 0 Å². The smallest absolute Gasteiger partial charge is 0.272 e. The number of fused-ring (bicyclic) bond motifs is 1. The Morgan fingerprint density at radius 3 is 2.35 bits per heavy atom. The number of carbonyl (C=O) groups excluding carboxylic acids is 2. The number of anilines is 2. The van der Waals surface area contributed by atoms with Crippen LogP contribution in [0.15, 0.2) is 64.7 Å². The Labute approximate surface area is 151 Å². The van der Waals surface area contributed by atoms with E-state index in [0.717, 1.165) is 5.56 Å². The topological polar surface area (TPSA) is 104 Å². The van der Waals surface area contributed by atoms with Crippen molar-refractivity contribution in [2.45, 2.75) is 18.7 Å². The second-order valence-electron chi connectivity index (χ2n) is 5.88. The van der Waals surface area contributed by atoms with E-state index in [1.807, 2.05) is 17.7 Å². The van der Waals surface area contributed by atoms with Crippen LogP contribution >= 0.6 is 0 Å². The highest BCUT2D eigenvalue weighted by molar-refractivity contribution is 7.90. The molecule has 0 radical (unpaired) electrons. The van der Waals surface area contributed by atoms with Crippen molar-refractivity contribution in [3.63, 3.8) is 0 Å². The van der Waals surface area contributed by atoms with Crippen molar-refractivity contribution in [3.05, 3.63) is 65.4 Å². The summed E-state index contributed by atoms with van der Waals surface area (Å²) in [6, 6.07) is 12.9. The molecule has 0 aromatic heterocycles. The first-order valence-electron chi connectivity index (χ1n) is 7.80. The van der Waals surface area contributed by atoms with Crippen LogP contribution in [0.1, 0.15) is 12.5 Å². The van der Waals surface area contributed by atoms with E-state index in [2.05, 4.69) is 10.6 Å². The molecular formula is C18H17N3O4S. The summed E-state index contributed by atoms with van der Waals surface area (Å²) in [5.41, 5.74) is 2.03. The number of amides is 2. The van der Waals surface area contributed by atoms with E-state index in [1.54, 1.807) is 37.3 Å². The average Bonchev–Trinajstić information content (AvgIpc) is 2.69. The quantitative estimate of drug-likeness (QED) is 0.717. The third-order valence-electron chi connectivity index (χ3n) is 3.86. The third-order valence-corrected chi connectivity index (χ3v) is 5.20. The molecule has 2 amide bonds. The number of allylic oxidation sites excluding steroid dienone is 1. The number of carbonyl (C=O) groups is 2. The minimum absolute atomic E-state index is 0.0625. The van der Waals surface area contributed by atoms with Gasteiger partial charge in [0.05, 0.1) is 16.3 Å². The summed E-state index contributed by atoms with van der Waals surface area (Å²) in [7, 11) is -4.08. The minimum Gasteiger partial charge on any atom is -0.357 e. The number of benzene rings is 2. The normalized spacial score (nSPS) is 14.0. The molecule has 0 spiro atoms. The molecule has 0 aliphatic carbocycles. The van der Waals surface area contributed by atoms with Gasteiger partial charge in [-0.1, -0.05) is 24.3 Å². The molecule has 134 valence electrons. The number of hydrogen-bond acceptors (Lipinski definition) is 5. The molecule has 3 N–H and O–H groups in total. The molecule has 2 aromatic rings. The average molecular weight is 371 g/mol. The van der Waals surface area contributed by atoms with Gasteiger partial charge in [-0.15, -0.1) is 0 Å². The van der Waals surface area contributed by atoms with Crippen molar-refractivity contribution in [1.29, 1.82) is 0 Å². The Hall–Kier alpha value is -3.13. The van der Waals surface area contributed by atoms with Crippen molar-refractivity contribution >= 4 is 33.2 Å². The predicted molar refractivity (Wildman–Crippen MR) is 97.9 cm³/mol. The van der Waals surface area contributed by atoms with E-state index in [1.165, 1.54) is 12.1 Å². The fourth-order valence-corrected chi connectivity index (χ4v) is 3.57. The fourth-order valence-electron chi connectivity index (χ4n) is 2.60. The van der Waals surface area contributed by atoms with Gasteiger partial charge >= 0.3 is 0 Å². The first-order valence-corrected chi connectivity index (χ1v) is 9.28. The van der Waals surface area contributed by atoms with E-state index in [-0.39, 0.29) is 16.2 Å². The van der Waals surface area contributed by atoms with Crippen LogP contribution in [0.5, 0.6) is 0 Å². The molecule has 0 saturated heterocycles. The summed E-state index contributed by atoms with van der Waals surface area (Å²) in [5, 5.41) is 5.61. The molecule has 26 heavy (non-hydrogen) atoms. The molecule has 8 heteroatoms. The van der Waals surface area contributed by atoms with Crippen LogP contribution in [0, 0.1) is 6.92 Å². The van der Waals surface area contributed by atoms with Crippen molar-refractivity contribution in [1.82, 2.24) is 4.72 Å². The summed E-state index contributed by atoms with van der Waals surface area (Å²) in [6.07, 6.45) is 0. The van der Waals surface area contributed by atoms with Crippen molar-refractivity contribution in [2.75, 3.05) is 10.6 Å². The second kappa shape index (κ2) is 6.64. The molecule has 1 heterocycles. The van der Waals surface area contributed by atoms with E-state index in [9.17, 15) is 18.0 Å². The zero-order valence-corrected chi connectivity index (χ0v) is 15.0. The lowest BCUT2D eigenvalue weighted by atomic mass is 10.2. The van der Waals surface area contributed by atoms with Gasteiger partial charge in [0, 0.05) is 5.70 Å². The van der Waals surface area contributed by atoms with Gasteiger partial charge in [-0.2, -0.15) is 0 Å². The van der Waals surface area contributed by atoms with Crippen LogP contribution in [0.25, 0.3) is 0 Å². The highest BCUT2D eigenvalue weighted by Gasteiger charge is 2.29.